The van der Waals surface area contributed by atoms with E-state index in [0.717, 1.165) is 16.9 Å². The van der Waals surface area contributed by atoms with Gasteiger partial charge in [0.1, 0.15) is 11.5 Å². The van der Waals surface area contributed by atoms with Crippen LogP contribution in [-0.2, 0) is 28.9 Å². The molecule has 1 heterocycles. The number of aryl methyl sites for hydroxylation is 1. The first-order valence-corrected chi connectivity index (χ1v) is 11.0. The lowest BCUT2D eigenvalue weighted by molar-refractivity contribution is 0.0921. The van der Waals surface area contributed by atoms with Gasteiger partial charge in [-0.25, -0.2) is 0 Å². The molecule has 2 aromatic carbocycles. The molecule has 0 unspecified atom stereocenters. The van der Waals surface area contributed by atoms with Crippen molar-refractivity contribution >= 4 is 16.7 Å². The van der Waals surface area contributed by atoms with Crippen molar-refractivity contribution in [1.29, 1.82) is 0 Å². The number of nitrogens with one attached hydrogen (secondary N) is 1. The van der Waals surface area contributed by atoms with Crippen LogP contribution in [0.5, 0.6) is 5.75 Å². The number of carbonyl (C=O) groups excluding carboxylic acids is 1. The van der Waals surface area contributed by atoms with Crippen LogP contribution < -0.4 is 10.1 Å². The summed E-state index contributed by atoms with van der Waals surface area (Å²) in [6.07, 6.45) is 0. The molecule has 0 aliphatic carbocycles. The Balaban J connectivity index is 1.54. The van der Waals surface area contributed by atoms with Gasteiger partial charge in [0.25, 0.3) is 5.91 Å². The fourth-order valence-electron chi connectivity index (χ4n) is 2.87. The van der Waals surface area contributed by atoms with Gasteiger partial charge in [0.15, 0.2) is 5.76 Å². The third-order valence-electron chi connectivity index (χ3n) is 4.35. The molecule has 1 amide bonds. The molecule has 6 heteroatoms. The minimum atomic E-state index is -1.11. The molecule has 0 bridgehead atoms. The number of amides is 1. The summed E-state index contributed by atoms with van der Waals surface area (Å²) >= 11 is 0. The standard InChI is InChI=1S/C23H25NO4S/c1-3-27-21-7-5-4-6-19(21)14-24-23(25)22-13-12-20(28-22)16-29(26)15-18-10-8-17(2)9-11-18/h4-13H,3,14-16H2,1-2H3,(H,24,25)/t29-/m1/s1. The van der Waals surface area contributed by atoms with Crippen molar-refractivity contribution in [1.82, 2.24) is 5.32 Å². The second kappa shape index (κ2) is 10.1. The molecule has 0 radical (unpaired) electrons. The highest BCUT2D eigenvalue weighted by molar-refractivity contribution is 7.83. The first-order valence-electron chi connectivity index (χ1n) is 9.53. The Morgan fingerprint density at radius 3 is 2.55 bits per heavy atom. The molecule has 0 aliphatic heterocycles. The predicted octanol–water partition coefficient (Wildman–Crippen LogP) is 4.37. The lowest BCUT2D eigenvalue weighted by atomic mass is 10.2. The fourth-order valence-corrected chi connectivity index (χ4v) is 4.01. The summed E-state index contributed by atoms with van der Waals surface area (Å²) in [4.78, 5) is 12.4. The Morgan fingerprint density at radius 1 is 1.03 bits per heavy atom. The number of hydrogen-bond acceptors (Lipinski definition) is 4. The maximum Gasteiger partial charge on any atom is 0.287 e. The van der Waals surface area contributed by atoms with E-state index < -0.39 is 10.8 Å². The second-order valence-electron chi connectivity index (χ2n) is 6.70. The van der Waals surface area contributed by atoms with Gasteiger partial charge in [-0.15, -0.1) is 0 Å². The number of carbonyl (C=O) groups is 1. The highest BCUT2D eigenvalue weighted by Crippen LogP contribution is 2.18. The smallest absolute Gasteiger partial charge is 0.287 e. The van der Waals surface area contributed by atoms with Gasteiger partial charge in [-0.3, -0.25) is 9.00 Å². The van der Waals surface area contributed by atoms with Crippen molar-refractivity contribution in [2.75, 3.05) is 6.61 Å². The third-order valence-corrected chi connectivity index (χ3v) is 5.61. The van der Waals surface area contributed by atoms with E-state index in [0.29, 0.717) is 24.7 Å². The number of para-hydroxylation sites is 1. The van der Waals surface area contributed by atoms with Crippen LogP contribution in [-0.4, -0.2) is 16.7 Å². The average molecular weight is 412 g/mol. The molecule has 1 N–H and O–H groups in total. The number of furan rings is 1. The van der Waals surface area contributed by atoms with Crippen LogP contribution in [0.2, 0.25) is 0 Å². The zero-order valence-electron chi connectivity index (χ0n) is 16.6. The zero-order valence-corrected chi connectivity index (χ0v) is 17.5. The molecule has 0 saturated heterocycles. The van der Waals surface area contributed by atoms with E-state index in [1.165, 1.54) is 5.56 Å². The minimum absolute atomic E-state index is 0.209. The molecule has 1 aromatic heterocycles. The summed E-state index contributed by atoms with van der Waals surface area (Å²) in [6, 6.07) is 18.9. The largest absolute Gasteiger partial charge is 0.494 e. The van der Waals surface area contributed by atoms with E-state index >= 15 is 0 Å². The molecule has 29 heavy (non-hydrogen) atoms. The maximum atomic E-state index is 12.4. The Morgan fingerprint density at radius 2 is 1.79 bits per heavy atom. The lowest BCUT2D eigenvalue weighted by Gasteiger charge is -2.10. The number of rotatable bonds is 9. The zero-order chi connectivity index (χ0) is 20.6. The van der Waals surface area contributed by atoms with Crippen molar-refractivity contribution in [3.8, 4) is 5.75 Å². The molecule has 5 nitrogen and oxygen atoms in total. The summed E-state index contributed by atoms with van der Waals surface area (Å²) < 4.78 is 23.6. The molecule has 1 atom stereocenters. The van der Waals surface area contributed by atoms with Gasteiger partial charge in [0.2, 0.25) is 0 Å². The lowest BCUT2D eigenvalue weighted by Crippen LogP contribution is -2.22. The third kappa shape index (κ3) is 6.06. The minimum Gasteiger partial charge on any atom is -0.494 e. The van der Waals surface area contributed by atoms with E-state index in [1.54, 1.807) is 12.1 Å². The number of ether oxygens (including phenoxy) is 1. The Labute approximate surface area is 173 Å². The van der Waals surface area contributed by atoms with Crippen LogP contribution in [0.1, 0.15) is 39.9 Å². The van der Waals surface area contributed by atoms with Crippen LogP contribution in [0, 0.1) is 6.92 Å². The maximum absolute atomic E-state index is 12.4. The first-order chi connectivity index (χ1) is 14.0. The number of benzene rings is 2. The quantitative estimate of drug-likeness (QED) is 0.568. The van der Waals surface area contributed by atoms with Crippen molar-refractivity contribution in [3.63, 3.8) is 0 Å². The molecule has 3 rings (SSSR count). The van der Waals surface area contributed by atoms with E-state index in [-0.39, 0.29) is 17.4 Å². The van der Waals surface area contributed by atoms with Gasteiger partial charge in [-0.1, -0.05) is 48.0 Å². The van der Waals surface area contributed by atoms with Crippen molar-refractivity contribution < 1.29 is 18.2 Å². The van der Waals surface area contributed by atoms with Crippen LogP contribution >= 0.6 is 0 Å². The van der Waals surface area contributed by atoms with Crippen molar-refractivity contribution in [3.05, 3.63) is 88.9 Å². The Hall–Kier alpha value is -2.86. The van der Waals surface area contributed by atoms with E-state index in [4.69, 9.17) is 9.15 Å². The van der Waals surface area contributed by atoms with Gasteiger partial charge in [0.05, 0.1) is 12.4 Å². The molecule has 0 spiro atoms. The summed E-state index contributed by atoms with van der Waals surface area (Å²) in [6.45, 7) is 4.84. The van der Waals surface area contributed by atoms with Crippen molar-refractivity contribution in [2.24, 2.45) is 0 Å². The van der Waals surface area contributed by atoms with Crippen LogP contribution in [0.3, 0.4) is 0 Å². The summed E-state index contributed by atoms with van der Waals surface area (Å²) in [5, 5.41) is 2.84. The molecule has 3 aromatic rings. The first kappa shape index (κ1) is 20.9. The van der Waals surface area contributed by atoms with E-state index in [9.17, 15) is 9.00 Å². The van der Waals surface area contributed by atoms with Gasteiger partial charge in [-0.05, 0) is 37.6 Å². The summed E-state index contributed by atoms with van der Waals surface area (Å²) in [5.41, 5.74) is 3.09. The van der Waals surface area contributed by atoms with Gasteiger partial charge < -0.3 is 14.5 Å². The molecule has 152 valence electrons. The van der Waals surface area contributed by atoms with Crippen molar-refractivity contribution in [2.45, 2.75) is 31.9 Å². The SMILES string of the molecule is CCOc1ccccc1CNC(=O)c1ccc(C[S@](=O)Cc2ccc(C)cc2)o1. The highest BCUT2D eigenvalue weighted by atomic mass is 32.2. The van der Waals surface area contributed by atoms with Crippen LogP contribution in [0.25, 0.3) is 0 Å². The predicted molar refractivity (Wildman–Crippen MR) is 114 cm³/mol. The second-order valence-corrected chi connectivity index (χ2v) is 8.16. The van der Waals surface area contributed by atoms with Gasteiger partial charge in [-0.2, -0.15) is 0 Å². The molecular weight excluding hydrogens is 386 g/mol. The normalized spacial score (nSPS) is 11.8. The highest BCUT2D eigenvalue weighted by Gasteiger charge is 2.14. The van der Waals surface area contributed by atoms with E-state index in [2.05, 4.69) is 5.32 Å². The van der Waals surface area contributed by atoms with Crippen LogP contribution in [0.4, 0.5) is 0 Å². The average Bonchev–Trinajstić information content (AvgIpc) is 3.17. The van der Waals surface area contributed by atoms with Crippen LogP contribution in [0.15, 0.2) is 65.1 Å². The van der Waals surface area contributed by atoms with Gasteiger partial charge >= 0.3 is 0 Å². The molecule has 0 aliphatic rings. The molecule has 0 saturated carbocycles. The number of hydrogen-bond donors (Lipinski definition) is 1. The summed E-state index contributed by atoms with van der Waals surface area (Å²) in [7, 11) is -1.11. The molecular formula is C23H25NO4S. The monoisotopic (exact) mass is 411 g/mol. The molecule has 0 fully saturated rings. The van der Waals surface area contributed by atoms with Gasteiger partial charge in [0, 0.05) is 28.7 Å². The fraction of sp³-hybridized carbons (Fsp3) is 0.261. The Bertz CT molecular complexity index is 979. The van der Waals surface area contributed by atoms with E-state index in [1.807, 2.05) is 62.4 Å². The topological polar surface area (TPSA) is 68.5 Å². The summed E-state index contributed by atoms with van der Waals surface area (Å²) in [5.74, 6) is 1.91. The Kier molecular flexibility index (Phi) is 7.25.